The van der Waals surface area contributed by atoms with Gasteiger partial charge in [0.25, 0.3) is 5.91 Å². The van der Waals surface area contributed by atoms with Gasteiger partial charge in [0.15, 0.2) is 0 Å². The van der Waals surface area contributed by atoms with Crippen molar-refractivity contribution >= 4 is 35.0 Å². The molecule has 0 spiro atoms. The number of aliphatic carboxylic acids is 1. The zero-order valence-electron chi connectivity index (χ0n) is 21.3. The van der Waals surface area contributed by atoms with Gasteiger partial charge in [-0.15, -0.1) is 23.1 Å². The average molecular weight is 550 g/mol. The van der Waals surface area contributed by atoms with Gasteiger partial charge in [-0.3, -0.25) is 9.59 Å². The van der Waals surface area contributed by atoms with Crippen molar-refractivity contribution in [2.24, 2.45) is 5.41 Å². The molecule has 1 aromatic heterocycles. The Labute approximate surface area is 223 Å². The molecule has 1 heterocycles. The SMILES string of the molecule is Cc1cc(S[C@@H](c2ccc(C(=O)NCCC(=O)O)s2)C(C)(C)C)cc(C)c1-c1ccc(C(F)(F)F)cc1. The summed E-state index contributed by atoms with van der Waals surface area (Å²) in [4.78, 5) is 25.7. The summed E-state index contributed by atoms with van der Waals surface area (Å²) in [5, 5.41) is 11.4. The topological polar surface area (TPSA) is 66.4 Å². The van der Waals surface area contributed by atoms with Gasteiger partial charge in [0.2, 0.25) is 0 Å². The summed E-state index contributed by atoms with van der Waals surface area (Å²) >= 11 is 3.08. The lowest BCUT2D eigenvalue weighted by Gasteiger charge is -2.30. The highest BCUT2D eigenvalue weighted by Crippen LogP contribution is 2.50. The number of nitrogens with one attached hydrogen (secondary N) is 1. The van der Waals surface area contributed by atoms with Crippen LogP contribution in [0.3, 0.4) is 0 Å². The van der Waals surface area contributed by atoms with Crippen LogP contribution in [0, 0.1) is 19.3 Å². The number of hydrogen-bond acceptors (Lipinski definition) is 4. The van der Waals surface area contributed by atoms with Gasteiger partial charge in [-0.2, -0.15) is 13.2 Å². The first-order valence-electron chi connectivity index (χ1n) is 11.7. The molecule has 3 rings (SSSR count). The van der Waals surface area contributed by atoms with Gasteiger partial charge < -0.3 is 10.4 Å². The Bertz CT molecular complexity index is 1250. The quantitative estimate of drug-likeness (QED) is 0.278. The molecule has 1 amide bonds. The summed E-state index contributed by atoms with van der Waals surface area (Å²) in [5.74, 6) is -1.26. The first-order chi connectivity index (χ1) is 17.2. The van der Waals surface area contributed by atoms with Crippen LogP contribution in [0.15, 0.2) is 53.4 Å². The molecule has 2 aromatic carbocycles. The first-order valence-corrected chi connectivity index (χ1v) is 13.4. The smallest absolute Gasteiger partial charge is 0.416 e. The van der Waals surface area contributed by atoms with Gasteiger partial charge in [0, 0.05) is 21.6 Å². The van der Waals surface area contributed by atoms with Crippen LogP contribution < -0.4 is 5.32 Å². The fraction of sp³-hybridized carbons (Fsp3) is 0.357. The lowest BCUT2D eigenvalue weighted by Crippen LogP contribution is -2.25. The van der Waals surface area contributed by atoms with Gasteiger partial charge in [-0.25, -0.2) is 0 Å². The third-order valence-electron chi connectivity index (χ3n) is 5.78. The van der Waals surface area contributed by atoms with E-state index in [9.17, 15) is 22.8 Å². The van der Waals surface area contributed by atoms with Crippen LogP contribution in [0.4, 0.5) is 13.2 Å². The minimum Gasteiger partial charge on any atom is -0.481 e. The number of alkyl halides is 3. The number of carboxylic acids is 1. The van der Waals surface area contributed by atoms with Gasteiger partial charge >= 0.3 is 12.1 Å². The Morgan fingerprint density at radius 1 is 1.00 bits per heavy atom. The van der Waals surface area contributed by atoms with Gasteiger partial charge in [0.1, 0.15) is 0 Å². The van der Waals surface area contributed by atoms with Crippen LogP contribution in [-0.2, 0) is 11.0 Å². The molecule has 0 aliphatic heterocycles. The summed E-state index contributed by atoms with van der Waals surface area (Å²) in [6, 6.07) is 13.1. The highest BCUT2D eigenvalue weighted by atomic mass is 32.2. The number of thiophene rings is 1. The number of amides is 1. The van der Waals surface area contributed by atoms with Crippen molar-refractivity contribution in [3.8, 4) is 11.1 Å². The summed E-state index contributed by atoms with van der Waals surface area (Å²) < 4.78 is 38.9. The third kappa shape index (κ3) is 7.38. The summed E-state index contributed by atoms with van der Waals surface area (Å²) in [6.45, 7) is 10.4. The zero-order valence-corrected chi connectivity index (χ0v) is 23.0. The van der Waals surface area contributed by atoms with Gasteiger partial charge in [-0.05, 0) is 77.9 Å². The van der Waals surface area contributed by atoms with Gasteiger partial charge in [-0.1, -0.05) is 32.9 Å². The number of hydrogen-bond donors (Lipinski definition) is 2. The molecule has 0 aliphatic carbocycles. The molecule has 3 aromatic rings. The molecule has 37 heavy (non-hydrogen) atoms. The van der Waals surface area contributed by atoms with Crippen molar-refractivity contribution in [3.63, 3.8) is 0 Å². The Balaban J connectivity index is 1.84. The lowest BCUT2D eigenvalue weighted by molar-refractivity contribution is -0.138. The van der Waals surface area contributed by atoms with Crippen LogP contribution >= 0.6 is 23.1 Å². The minimum absolute atomic E-state index is 0.0359. The molecule has 0 saturated carbocycles. The Kier molecular flexibility index (Phi) is 8.80. The second-order valence-electron chi connectivity index (χ2n) is 9.97. The number of halogens is 3. The lowest BCUT2D eigenvalue weighted by atomic mass is 9.91. The summed E-state index contributed by atoms with van der Waals surface area (Å²) in [5.41, 5.74) is 2.79. The van der Waals surface area contributed by atoms with Crippen molar-refractivity contribution in [1.29, 1.82) is 0 Å². The monoisotopic (exact) mass is 549 g/mol. The fourth-order valence-corrected chi connectivity index (χ4v) is 6.81. The van der Waals surface area contributed by atoms with Crippen molar-refractivity contribution in [1.82, 2.24) is 5.32 Å². The Morgan fingerprint density at radius 2 is 1.59 bits per heavy atom. The number of rotatable bonds is 8. The second kappa shape index (κ2) is 11.3. The molecule has 0 saturated heterocycles. The molecule has 0 radical (unpaired) electrons. The molecular weight excluding hydrogens is 519 g/mol. The molecule has 198 valence electrons. The molecule has 0 bridgehead atoms. The van der Waals surface area contributed by atoms with Crippen molar-refractivity contribution in [2.75, 3.05) is 6.54 Å². The predicted molar refractivity (Wildman–Crippen MR) is 143 cm³/mol. The molecule has 1 atom stereocenters. The standard InChI is InChI=1S/C28H30F3NO3S2/c1-16-14-20(15-17(2)24(16)18-6-8-19(9-7-18)28(29,30)31)36-25(27(3,4)5)21-10-11-22(37-21)26(35)32-13-12-23(33)34/h6-11,14-15,25H,12-13H2,1-5H3,(H,32,35)(H,33,34)/t25-/m0/s1. The van der Waals surface area contributed by atoms with Crippen LogP contribution in [0.5, 0.6) is 0 Å². The van der Waals surface area contributed by atoms with Crippen LogP contribution in [0.25, 0.3) is 11.1 Å². The second-order valence-corrected chi connectivity index (χ2v) is 12.3. The molecule has 0 fully saturated rings. The summed E-state index contributed by atoms with van der Waals surface area (Å²) in [7, 11) is 0. The number of benzene rings is 2. The summed E-state index contributed by atoms with van der Waals surface area (Å²) in [6.07, 6.45) is -4.50. The van der Waals surface area contributed by atoms with E-state index in [0.29, 0.717) is 4.88 Å². The van der Waals surface area contributed by atoms with Crippen LogP contribution in [0.2, 0.25) is 0 Å². The normalized spacial score (nSPS) is 12.9. The third-order valence-corrected chi connectivity index (χ3v) is 8.78. The predicted octanol–water partition coefficient (Wildman–Crippen LogP) is 8.13. The number of carbonyl (C=O) groups excluding carboxylic acids is 1. The molecule has 4 nitrogen and oxygen atoms in total. The maximum absolute atomic E-state index is 13.0. The van der Waals surface area contributed by atoms with Gasteiger partial charge in [0.05, 0.1) is 16.9 Å². The minimum atomic E-state index is -4.37. The van der Waals surface area contributed by atoms with E-state index >= 15 is 0 Å². The number of carboxylic acid groups (broad SMARTS) is 1. The molecule has 0 unspecified atom stereocenters. The fourth-order valence-electron chi connectivity index (χ4n) is 4.06. The van der Waals surface area contributed by atoms with Crippen LogP contribution in [0.1, 0.15) is 63.7 Å². The van der Waals surface area contributed by atoms with Crippen molar-refractivity contribution < 1.29 is 27.9 Å². The highest BCUT2D eigenvalue weighted by Gasteiger charge is 2.31. The number of carbonyl (C=O) groups is 2. The largest absolute Gasteiger partial charge is 0.481 e. The van der Waals surface area contributed by atoms with E-state index < -0.39 is 17.7 Å². The van der Waals surface area contributed by atoms with E-state index in [1.54, 1.807) is 17.8 Å². The number of thioether (sulfide) groups is 1. The molecule has 0 aliphatic rings. The Hall–Kier alpha value is -2.78. The van der Waals surface area contributed by atoms with Crippen molar-refractivity contribution in [3.05, 3.63) is 75.0 Å². The average Bonchev–Trinajstić information content (AvgIpc) is 3.25. The van der Waals surface area contributed by atoms with Crippen LogP contribution in [-0.4, -0.2) is 23.5 Å². The van der Waals surface area contributed by atoms with E-state index in [2.05, 4.69) is 38.2 Å². The molecule has 9 heteroatoms. The van der Waals surface area contributed by atoms with E-state index in [1.165, 1.54) is 23.5 Å². The van der Waals surface area contributed by atoms with E-state index in [4.69, 9.17) is 5.11 Å². The number of aryl methyl sites for hydroxylation is 2. The Morgan fingerprint density at radius 3 is 2.11 bits per heavy atom. The molecule has 2 N–H and O–H groups in total. The zero-order chi connectivity index (χ0) is 27.5. The maximum Gasteiger partial charge on any atom is 0.416 e. The van der Waals surface area contributed by atoms with Crippen molar-refractivity contribution in [2.45, 2.75) is 57.4 Å². The highest BCUT2D eigenvalue weighted by molar-refractivity contribution is 7.99. The first kappa shape index (κ1) is 28.8. The maximum atomic E-state index is 13.0. The van der Waals surface area contributed by atoms with E-state index in [-0.39, 0.29) is 29.5 Å². The molecular formula is C28H30F3NO3S2. The van der Waals surface area contributed by atoms with E-state index in [0.717, 1.165) is 44.2 Å². The van der Waals surface area contributed by atoms with E-state index in [1.807, 2.05) is 19.9 Å².